The van der Waals surface area contributed by atoms with Gasteiger partial charge in [0.1, 0.15) is 12.4 Å². The first-order valence-corrected chi connectivity index (χ1v) is 6.98. The zero-order valence-electron chi connectivity index (χ0n) is 12.4. The van der Waals surface area contributed by atoms with Gasteiger partial charge in [0.15, 0.2) is 0 Å². The van der Waals surface area contributed by atoms with Crippen LogP contribution in [0.4, 0.5) is 4.39 Å². The smallest absolute Gasteiger partial charge is 0.349 e. The average Bonchev–Trinajstić information content (AvgIpc) is 2.59. The van der Waals surface area contributed by atoms with Crippen LogP contribution in [0.5, 0.6) is 0 Å². The van der Waals surface area contributed by atoms with Crippen molar-refractivity contribution in [3.8, 4) is 0 Å². The lowest BCUT2D eigenvalue weighted by Crippen LogP contribution is -2.32. The van der Waals surface area contributed by atoms with Crippen molar-refractivity contribution in [2.24, 2.45) is 0 Å². The number of carbonyl (C=O) groups is 3. The largest absolute Gasteiger partial charge is 0.478 e. The Bertz CT molecular complexity index is 730. The van der Waals surface area contributed by atoms with Crippen LogP contribution in [0.2, 0.25) is 0 Å². The van der Waals surface area contributed by atoms with Gasteiger partial charge >= 0.3 is 11.9 Å². The summed E-state index contributed by atoms with van der Waals surface area (Å²) >= 11 is 0. The van der Waals surface area contributed by atoms with Gasteiger partial charge in [-0.3, -0.25) is 9.59 Å². The number of ether oxygens (including phenoxy) is 1. The molecule has 2 aromatic carbocycles. The number of aliphatic carboxylic acids is 1. The van der Waals surface area contributed by atoms with E-state index in [1.807, 2.05) is 0 Å². The molecule has 0 aliphatic carbocycles. The molecule has 124 valence electrons. The summed E-state index contributed by atoms with van der Waals surface area (Å²) in [5, 5.41) is 11.5. The SMILES string of the molecule is O=C(CNC(=O)c1ccccc1)O[C@H](C(=O)O)c1ccc(F)cc1. The van der Waals surface area contributed by atoms with Crippen LogP contribution >= 0.6 is 0 Å². The monoisotopic (exact) mass is 331 g/mol. The minimum absolute atomic E-state index is 0.117. The normalized spacial score (nSPS) is 11.4. The third-order valence-corrected chi connectivity index (χ3v) is 3.08. The van der Waals surface area contributed by atoms with Gasteiger partial charge in [0, 0.05) is 11.1 Å². The van der Waals surface area contributed by atoms with Gasteiger partial charge in [-0.2, -0.15) is 0 Å². The molecule has 0 saturated carbocycles. The highest BCUT2D eigenvalue weighted by Gasteiger charge is 2.24. The fourth-order valence-electron chi connectivity index (χ4n) is 1.92. The topological polar surface area (TPSA) is 92.7 Å². The van der Waals surface area contributed by atoms with Crippen LogP contribution in [0.15, 0.2) is 54.6 Å². The molecule has 0 bridgehead atoms. The number of esters is 1. The Labute approximate surface area is 136 Å². The third kappa shape index (κ3) is 4.64. The van der Waals surface area contributed by atoms with Gasteiger partial charge in [0.2, 0.25) is 6.10 Å². The first kappa shape index (κ1) is 17.1. The molecule has 0 heterocycles. The minimum Gasteiger partial charge on any atom is -0.478 e. The van der Waals surface area contributed by atoms with E-state index in [2.05, 4.69) is 5.32 Å². The number of halogens is 1. The second kappa shape index (κ2) is 7.87. The Kier molecular flexibility index (Phi) is 5.62. The molecule has 0 radical (unpaired) electrons. The predicted octanol–water partition coefficient (Wildman–Crippen LogP) is 1.92. The molecule has 1 amide bonds. The summed E-state index contributed by atoms with van der Waals surface area (Å²) in [6.45, 7) is -0.487. The van der Waals surface area contributed by atoms with Crippen molar-refractivity contribution in [1.29, 1.82) is 0 Å². The van der Waals surface area contributed by atoms with Crippen LogP contribution < -0.4 is 5.32 Å². The van der Waals surface area contributed by atoms with Crippen LogP contribution in [-0.4, -0.2) is 29.5 Å². The molecule has 0 unspecified atom stereocenters. The zero-order valence-corrected chi connectivity index (χ0v) is 12.4. The summed E-state index contributed by atoms with van der Waals surface area (Å²) in [7, 11) is 0. The summed E-state index contributed by atoms with van der Waals surface area (Å²) in [6.07, 6.45) is -1.58. The highest BCUT2D eigenvalue weighted by atomic mass is 19.1. The van der Waals surface area contributed by atoms with Crippen LogP contribution in [0.1, 0.15) is 22.0 Å². The lowest BCUT2D eigenvalue weighted by Gasteiger charge is -2.14. The molecule has 2 aromatic rings. The fourth-order valence-corrected chi connectivity index (χ4v) is 1.92. The number of carbonyl (C=O) groups excluding carboxylic acids is 2. The van der Waals surface area contributed by atoms with E-state index in [0.29, 0.717) is 5.56 Å². The van der Waals surface area contributed by atoms with E-state index in [1.54, 1.807) is 30.3 Å². The van der Waals surface area contributed by atoms with Gasteiger partial charge in [-0.05, 0) is 24.3 Å². The Balaban J connectivity index is 1.95. The van der Waals surface area contributed by atoms with Crippen LogP contribution in [0, 0.1) is 5.82 Å². The first-order chi connectivity index (χ1) is 11.5. The maximum Gasteiger partial charge on any atom is 0.349 e. The predicted molar refractivity (Wildman–Crippen MR) is 81.6 cm³/mol. The number of nitrogens with one attached hydrogen (secondary N) is 1. The van der Waals surface area contributed by atoms with Gasteiger partial charge in [0.05, 0.1) is 0 Å². The zero-order chi connectivity index (χ0) is 17.5. The van der Waals surface area contributed by atoms with Crippen LogP contribution in [0.3, 0.4) is 0 Å². The van der Waals surface area contributed by atoms with Gasteiger partial charge in [-0.1, -0.05) is 30.3 Å². The molecule has 2 rings (SSSR count). The molecular formula is C17H14FNO5. The molecule has 0 aliphatic rings. The highest BCUT2D eigenvalue weighted by molar-refractivity contribution is 5.96. The standard InChI is InChI=1S/C17H14FNO5/c18-13-8-6-11(7-9-13)15(17(22)23)24-14(20)10-19-16(21)12-4-2-1-3-5-12/h1-9,15H,10H2,(H,19,21)(H,22,23)/t15-/m0/s1. The van der Waals surface area contributed by atoms with Crippen molar-refractivity contribution < 1.29 is 28.6 Å². The van der Waals surface area contributed by atoms with E-state index >= 15 is 0 Å². The molecule has 0 aliphatic heterocycles. The van der Waals surface area contributed by atoms with Gasteiger partial charge < -0.3 is 15.2 Å². The van der Waals surface area contributed by atoms with Crippen molar-refractivity contribution >= 4 is 17.8 Å². The van der Waals surface area contributed by atoms with Gasteiger partial charge in [-0.15, -0.1) is 0 Å². The number of rotatable bonds is 6. The first-order valence-electron chi connectivity index (χ1n) is 6.98. The molecule has 0 aromatic heterocycles. The van der Waals surface area contributed by atoms with E-state index < -0.39 is 36.3 Å². The number of hydrogen-bond acceptors (Lipinski definition) is 4. The van der Waals surface area contributed by atoms with E-state index in [1.165, 1.54) is 12.1 Å². The third-order valence-electron chi connectivity index (χ3n) is 3.08. The Morgan fingerprint density at radius 1 is 1.04 bits per heavy atom. The molecule has 24 heavy (non-hydrogen) atoms. The van der Waals surface area contributed by atoms with E-state index in [-0.39, 0.29) is 5.56 Å². The average molecular weight is 331 g/mol. The lowest BCUT2D eigenvalue weighted by atomic mass is 10.1. The molecule has 0 spiro atoms. The number of carboxylic acids is 1. The molecule has 0 fully saturated rings. The summed E-state index contributed by atoms with van der Waals surface area (Å²) in [6, 6.07) is 12.8. The van der Waals surface area contributed by atoms with Crippen molar-refractivity contribution in [3.05, 3.63) is 71.5 Å². The number of hydrogen-bond donors (Lipinski definition) is 2. The molecule has 1 atom stereocenters. The summed E-state index contributed by atoms with van der Waals surface area (Å²) in [5.74, 6) is -3.34. The maximum atomic E-state index is 12.9. The van der Waals surface area contributed by atoms with E-state index in [9.17, 15) is 18.8 Å². The maximum absolute atomic E-state index is 12.9. The number of carboxylic acid groups (broad SMARTS) is 1. The highest BCUT2D eigenvalue weighted by Crippen LogP contribution is 2.18. The van der Waals surface area contributed by atoms with Crippen molar-refractivity contribution in [2.45, 2.75) is 6.10 Å². The molecular weight excluding hydrogens is 317 g/mol. The van der Waals surface area contributed by atoms with Crippen LogP contribution in [0.25, 0.3) is 0 Å². The van der Waals surface area contributed by atoms with Gasteiger partial charge in [-0.25, -0.2) is 9.18 Å². The summed E-state index contributed by atoms with van der Waals surface area (Å²) in [4.78, 5) is 34.8. The number of benzene rings is 2. The number of amides is 1. The van der Waals surface area contributed by atoms with E-state index in [4.69, 9.17) is 9.84 Å². The molecule has 0 saturated heterocycles. The quantitative estimate of drug-likeness (QED) is 0.789. The Hall–Kier alpha value is -3.22. The van der Waals surface area contributed by atoms with Crippen molar-refractivity contribution in [3.63, 3.8) is 0 Å². The summed E-state index contributed by atoms with van der Waals surface area (Å²) in [5.41, 5.74) is 0.477. The van der Waals surface area contributed by atoms with Gasteiger partial charge in [0.25, 0.3) is 5.91 Å². The fraction of sp³-hybridized carbons (Fsp3) is 0.118. The van der Waals surface area contributed by atoms with Crippen LogP contribution in [-0.2, 0) is 14.3 Å². The lowest BCUT2D eigenvalue weighted by molar-refractivity contribution is -0.163. The second-order valence-electron chi connectivity index (χ2n) is 4.81. The summed E-state index contributed by atoms with van der Waals surface area (Å²) < 4.78 is 17.7. The van der Waals surface area contributed by atoms with Crippen molar-refractivity contribution in [1.82, 2.24) is 5.32 Å². The minimum atomic E-state index is -1.58. The molecule has 6 nitrogen and oxygen atoms in total. The molecule has 7 heteroatoms. The van der Waals surface area contributed by atoms with Crippen molar-refractivity contribution in [2.75, 3.05) is 6.54 Å². The Morgan fingerprint density at radius 2 is 1.67 bits per heavy atom. The van der Waals surface area contributed by atoms with E-state index in [0.717, 1.165) is 12.1 Å². The molecule has 2 N–H and O–H groups in total. The Morgan fingerprint density at radius 3 is 2.25 bits per heavy atom. The second-order valence-corrected chi connectivity index (χ2v) is 4.81.